The first-order valence-corrected chi connectivity index (χ1v) is 10.6. The number of carbonyl (C=O) groups excluding carboxylic acids is 1. The molecule has 1 aliphatic heterocycles. The summed E-state index contributed by atoms with van der Waals surface area (Å²) < 4.78 is 0.241. The summed E-state index contributed by atoms with van der Waals surface area (Å²) in [5.41, 5.74) is 9.08. The average Bonchev–Trinajstić information content (AvgIpc) is 2.82. The van der Waals surface area contributed by atoms with Gasteiger partial charge < -0.3 is 10.8 Å². The predicted octanol–water partition coefficient (Wildman–Crippen LogP) is 4.27. The summed E-state index contributed by atoms with van der Waals surface area (Å²) in [7, 11) is 0. The molecule has 0 saturated heterocycles. The van der Waals surface area contributed by atoms with E-state index >= 15 is 0 Å². The van der Waals surface area contributed by atoms with Crippen molar-refractivity contribution in [2.75, 3.05) is 19.6 Å². The number of unbranched alkanes of at least 4 members (excludes halogenated alkanes) is 1. The Labute approximate surface area is 177 Å². The Bertz CT molecular complexity index is 905. The second-order valence-corrected chi connectivity index (χ2v) is 7.86. The van der Waals surface area contributed by atoms with Gasteiger partial charge in [-0.2, -0.15) is 0 Å². The molecule has 0 radical (unpaired) electrons. The van der Waals surface area contributed by atoms with Gasteiger partial charge >= 0.3 is 5.91 Å². The summed E-state index contributed by atoms with van der Waals surface area (Å²) >= 11 is 6.36. The zero-order valence-corrected chi connectivity index (χ0v) is 17.8. The van der Waals surface area contributed by atoms with Gasteiger partial charge in [-0.3, -0.25) is 4.99 Å². The highest BCUT2D eigenvalue weighted by molar-refractivity contribution is 6.31. The Balaban J connectivity index is 2.24. The van der Waals surface area contributed by atoms with Gasteiger partial charge in [-0.05, 0) is 76.1 Å². The van der Waals surface area contributed by atoms with Crippen LogP contribution >= 0.6 is 11.6 Å². The molecule has 1 atom stereocenters. The lowest BCUT2D eigenvalue weighted by Crippen LogP contribution is -2.57. The summed E-state index contributed by atoms with van der Waals surface area (Å²) in [6.45, 7) is 5.99. The zero-order valence-electron chi connectivity index (χ0n) is 17.1. The van der Waals surface area contributed by atoms with Gasteiger partial charge in [0, 0.05) is 16.7 Å². The monoisotopic (exact) mass is 414 g/mol. The fourth-order valence-electron chi connectivity index (χ4n) is 4.15. The van der Waals surface area contributed by atoms with Crippen LogP contribution in [0.4, 0.5) is 5.69 Å². The highest BCUT2D eigenvalue weighted by Gasteiger charge is 2.45. The fourth-order valence-corrected chi connectivity index (χ4v) is 4.32. The van der Waals surface area contributed by atoms with E-state index in [4.69, 9.17) is 22.3 Å². The molecule has 154 valence electrons. The Morgan fingerprint density at radius 1 is 1.10 bits per heavy atom. The molecule has 5 nitrogen and oxygen atoms in total. The summed E-state index contributed by atoms with van der Waals surface area (Å²) in [6.07, 6.45) is 2.38. The fraction of sp³-hybridized carbons (Fsp3) is 0.391. The molecule has 2 aromatic rings. The minimum Gasteiger partial charge on any atom is -0.508 e. The molecule has 29 heavy (non-hydrogen) atoms. The average molecular weight is 415 g/mol. The summed E-state index contributed by atoms with van der Waals surface area (Å²) in [5.74, 6) is 0.307. The maximum atomic E-state index is 13.8. The van der Waals surface area contributed by atoms with E-state index in [-0.39, 0.29) is 16.1 Å². The van der Waals surface area contributed by atoms with Gasteiger partial charge in [-0.25, -0.2) is 9.28 Å². The number of quaternary nitrogens is 1. The van der Waals surface area contributed by atoms with Crippen molar-refractivity contribution in [3.63, 3.8) is 0 Å². The van der Waals surface area contributed by atoms with Gasteiger partial charge in [0.15, 0.2) is 6.04 Å². The third-order valence-corrected chi connectivity index (χ3v) is 6.05. The molecule has 3 rings (SSSR count). The van der Waals surface area contributed by atoms with Gasteiger partial charge in [-0.1, -0.05) is 11.6 Å². The Morgan fingerprint density at radius 2 is 1.79 bits per heavy atom. The molecule has 6 heteroatoms. The molecule has 2 aromatic carbocycles. The Hall–Kier alpha value is -2.21. The first-order valence-electron chi connectivity index (χ1n) is 10.3. The van der Waals surface area contributed by atoms with Crippen molar-refractivity contribution < 1.29 is 9.90 Å². The number of nitrogens with zero attached hydrogens (tertiary/aromatic N) is 2. The Kier molecular flexibility index (Phi) is 6.73. The number of carbonyl (C=O) groups is 1. The minimum absolute atomic E-state index is 0.115. The molecule has 0 fully saturated rings. The predicted molar refractivity (Wildman–Crippen MR) is 120 cm³/mol. The van der Waals surface area contributed by atoms with Crippen LogP contribution in [0.3, 0.4) is 0 Å². The zero-order chi connectivity index (χ0) is 21.0. The molecule has 0 spiro atoms. The van der Waals surface area contributed by atoms with Gasteiger partial charge in [-0.15, -0.1) is 0 Å². The van der Waals surface area contributed by atoms with Crippen LogP contribution in [-0.4, -0.2) is 42.4 Å². The highest BCUT2D eigenvalue weighted by Crippen LogP contribution is 2.36. The number of likely N-dealkylation sites (N-methyl/N-ethyl adjacent to an activating group) is 1. The second-order valence-electron chi connectivity index (χ2n) is 7.42. The van der Waals surface area contributed by atoms with E-state index in [0.717, 1.165) is 35.4 Å². The van der Waals surface area contributed by atoms with Gasteiger partial charge in [0.1, 0.15) is 11.4 Å². The molecular weight excluding hydrogens is 386 g/mol. The lowest BCUT2D eigenvalue weighted by molar-refractivity contribution is -0.131. The third-order valence-electron chi connectivity index (χ3n) is 5.82. The largest absolute Gasteiger partial charge is 0.508 e. The summed E-state index contributed by atoms with van der Waals surface area (Å²) in [6, 6.07) is 12.2. The standard InChI is InChI=1S/C23H28ClN3O2/c1-3-27(4-2)21-13-10-17(24)15-19(21)22(16-8-11-18(28)12-9-16)26-20(23(27)29)7-5-6-14-25/h8-13,15,20H,3-7,14,25H2,1-2H3/p+1. The molecule has 1 heterocycles. The third kappa shape index (κ3) is 4.08. The quantitative estimate of drug-likeness (QED) is 0.524. The normalized spacial score (nSPS) is 18.1. The molecule has 3 N–H and O–H groups in total. The van der Waals surface area contributed by atoms with Crippen molar-refractivity contribution in [1.82, 2.24) is 4.48 Å². The van der Waals surface area contributed by atoms with Crippen molar-refractivity contribution in [2.45, 2.75) is 39.2 Å². The second kappa shape index (κ2) is 9.08. The number of hydrogen-bond donors (Lipinski definition) is 2. The topological polar surface area (TPSA) is 75.7 Å². The molecular formula is C23H29ClN3O2+. The maximum Gasteiger partial charge on any atom is 0.343 e. The van der Waals surface area contributed by atoms with Gasteiger partial charge in [0.2, 0.25) is 0 Å². The number of benzodiazepines with no additional fused rings is 1. The number of phenolic OH excluding ortho intramolecular Hbond substituents is 1. The Morgan fingerprint density at radius 3 is 2.41 bits per heavy atom. The van der Waals surface area contributed by atoms with Gasteiger partial charge in [0.05, 0.1) is 24.4 Å². The van der Waals surface area contributed by atoms with E-state index in [1.807, 2.05) is 44.2 Å². The van der Waals surface area contributed by atoms with Crippen molar-refractivity contribution in [2.24, 2.45) is 10.7 Å². The molecule has 0 bridgehead atoms. The summed E-state index contributed by atoms with van der Waals surface area (Å²) in [5, 5.41) is 10.3. The SMILES string of the molecule is CC[N+]1(CC)C(=O)C(CCCCN)N=C(c2ccc(O)cc2)c2cc(Cl)ccc21. The highest BCUT2D eigenvalue weighted by atomic mass is 35.5. The van der Waals surface area contributed by atoms with E-state index in [0.29, 0.717) is 31.1 Å². The summed E-state index contributed by atoms with van der Waals surface area (Å²) in [4.78, 5) is 18.7. The van der Waals surface area contributed by atoms with Crippen LogP contribution in [0, 0.1) is 0 Å². The lowest BCUT2D eigenvalue weighted by atomic mass is 9.99. The number of halogens is 1. The number of phenols is 1. The van der Waals surface area contributed by atoms with Crippen LogP contribution in [0.25, 0.3) is 0 Å². The van der Waals surface area contributed by atoms with Crippen LogP contribution in [0.1, 0.15) is 44.2 Å². The van der Waals surface area contributed by atoms with Crippen LogP contribution in [0.15, 0.2) is 47.5 Å². The van der Waals surface area contributed by atoms with Crippen molar-refractivity contribution >= 4 is 28.9 Å². The van der Waals surface area contributed by atoms with Crippen LogP contribution in [0.2, 0.25) is 5.02 Å². The molecule has 1 aliphatic rings. The van der Waals surface area contributed by atoms with Crippen LogP contribution < -0.4 is 10.2 Å². The first kappa shape index (κ1) is 21.5. The van der Waals surface area contributed by atoms with E-state index in [9.17, 15) is 9.90 Å². The molecule has 0 saturated carbocycles. The molecule has 0 aromatic heterocycles. The number of amides is 1. The maximum absolute atomic E-state index is 13.8. The molecule has 1 unspecified atom stereocenters. The number of rotatable bonds is 7. The van der Waals surface area contributed by atoms with E-state index in [1.54, 1.807) is 12.1 Å². The number of benzene rings is 2. The van der Waals surface area contributed by atoms with Gasteiger partial charge in [0.25, 0.3) is 0 Å². The van der Waals surface area contributed by atoms with Crippen molar-refractivity contribution in [3.05, 3.63) is 58.6 Å². The van der Waals surface area contributed by atoms with Crippen molar-refractivity contribution in [1.29, 1.82) is 0 Å². The number of aliphatic imine (C=N–C) groups is 1. The molecule has 1 amide bonds. The molecule has 0 aliphatic carbocycles. The number of hydrogen-bond acceptors (Lipinski definition) is 4. The first-order chi connectivity index (χ1) is 14.0. The van der Waals surface area contributed by atoms with Crippen LogP contribution in [0.5, 0.6) is 5.75 Å². The number of fused-ring (bicyclic) bond motifs is 1. The minimum atomic E-state index is -0.448. The van der Waals surface area contributed by atoms with Crippen molar-refractivity contribution in [3.8, 4) is 5.75 Å². The number of nitrogens with two attached hydrogens (primary N) is 1. The smallest absolute Gasteiger partial charge is 0.343 e. The number of aromatic hydroxyl groups is 1. The lowest BCUT2D eigenvalue weighted by Gasteiger charge is -2.35. The van der Waals surface area contributed by atoms with E-state index in [1.165, 1.54) is 0 Å². The van der Waals surface area contributed by atoms with Crippen LogP contribution in [-0.2, 0) is 4.79 Å². The van der Waals surface area contributed by atoms with E-state index < -0.39 is 6.04 Å². The van der Waals surface area contributed by atoms with E-state index in [2.05, 4.69) is 0 Å².